The Morgan fingerprint density at radius 2 is 2.23 bits per heavy atom. The molecule has 4 nitrogen and oxygen atoms in total. The average molecular weight is 297 g/mol. The molecule has 0 bridgehead atoms. The molecule has 0 radical (unpaired) electrons. The van der Waals surface area contributed by atoms with Crippen LogP contribution in [0.4, 0.5) is 0 Å². The number of esters is 1. The molecule has 1 rings (SSSR count). The highest BCUT2D eigenvalue weighted by Gasteiger charge is 2.30. The maximum Gasteiger partial charge on any atom is 0.320 e. The summed E-state index contributed by atoms with van der Waals surface area (Å²) in [5, 5.41) is 2.71. The first-order chi connectivity index (χ1) is 6.15. The topological polar surface area (TPSA) is 55.4 Å². The zero-order valence-electron chi connectivity index (χ0n) is 7.38. The molecule has 74 valence electrons. The van der Waals surface area contributed by atoms with Crippen molar-refractivity contribution in [2.24, 2.45) is 5.92 Å². The van der Waals surface area contributed by atoms with E-state index in [1.165, 1.54) is 7.11 Å². The number of rotatable bonds is 4. The molecule has 0 heterocycles. The fourth-order valence-corrected chi connectivity index (χ4v) is 1.37. The third kappa shape index (κ3) is 3.50. The first-order valence-corrected chi connectivity index (χ1v) is 5.39. The molecule has 0 aromatic rings. The van der Waals surface area contributed by atoms with Crippen LogP contribution in [0.3, 0.4) is 0 Å². The van der Waals surface area contributed by atoms with Crippen LogP contribution in [-0.2, 0) is 14.3 Å². The number of alkyl halides is 1. The van der Waals surface area contributed by atoms with Crippen LogP contribution in [-0.4, -0.2) is 29.5 Å². The molecule has 1 amide bonds. The number of amides is 1. The SMILES string of the molecule is COC(=O)C(I)CNC(=O)C1CC1. The van der Waals surface area contributed by atoms with E-state index >= 15 is 0 Å². The first kappa shape index (κ1) is 10.7. The van der Waals surface area contributed by atoms with Gasteiger partial charge in [-0.1, -0.05) is 22.6 Å². The molecule has 1 aliphatic carbocycles. The van der Waals surface area contributed by atoms with E-state index in [0.717, 1.165) is 12.8 Å². The number of ether oxygens (including phenoxy) is 1. The van der Waals surface area contributed by atoms with Crippen molar-refractivity contribution < 1.29 is 14.3 Å². The zero-order chi connectivity index (χ0) is 9.84. The van der Waals surface area contributed by atoms with Crippen LogP contribution in [0.15, 0.2) is 0 Å². The Hall–Kier alpha value is -0.330. The molecule has 0 aliphatic heterocycles. The second-order valence-electron chi connectivity index (χ2n) is 3.01. The molecule has 1 unspecified atom stereocenters. The molecule has 13 heavy (non-hydrogen) atoms. The van der Waals surface area contributed by atoms with E-state index < -0.39 is 0 Å². The molecule has 1 N–H and O–H groups in total. The molecule has 5 heteroatoms. The molecule has 1 fully saturated rings. The Kier molecular flexibility index (Phi) is 3.95. The molecule has 1 saturated carbocycles. The fourth-order valence-electron chi connectivity index (χ4n) is 0.891. The van der Waals surface area contributed by atoms with Gasteiger partial charge in [0.25, 0.3) is 0 Å². The van der Waals surface area contributed by atoms with Gasteiger partial charge in [-0.3, -0.25) is 9.59 Å². The van der Waals surface area contributed by atoms with Gasteiger partial charge >= 0.3 is 5.97 Å². The minimum atomic E-state index is -0.295. The fraction of sp³-hybridized carbons (Fsp3) is 0.750. The summed E-state index contributed by atoms with van der Waals surface area (Å²) in [6.07, 6.45) is 1.96. The summed E-state index contributed by atoms with van der Waals surface area (Å²) in [5.41, 5.74) is 0. The quantitative estimate of drug-likeness (QED) is 0.467. The predicted molar refractivity (Wildman–Crippen MR) is 55.6 cm³/mol. The predicted octanol–water partition coefficient (Wildman–Crippen LogP) is 0.489. The van der Waals surface area contributed by atoms with E-state index in [2.05, 4.69) is 10.1 Å². The van der Waals surface area contributed by atoms with Crippen molar-refractivity contribution in [2.45, 2.75) is 16.8 Å². The van der Waals surface area contributed by atoms with Gasteiger partial charge in [0.2, 0.25) is 5.91 Å². The largest absolute Gasteiger partial charge is 0.468 e. The summed E-state index contributed by atoms with van der Waals surface area (Å²) >= 11 is 1.96. The van der Waals surface area contributed by atoms with E-state index in [1.54, 1.807) is 0 Å². The van der Waals surface area contributed by atoms with E-state index in [0.29, 0.717) is 6.54 Å². The van der Waals surface area contributed by atoms with E-state index in [1.807, 2.05) is 22.6 Å². The summed E-state index contributed by atoms with van der Waals surface area (Å²) in [6, 6.07) is 0. The molecule has 0 saturated heterocycles. The van der Waals surface area contributed by atoms with Crippen LogP contribution in [0.2, 0.25) is 0 Å². The minimum absolute atomic E-state index is 0.0607. The number of hydrogen-bond donors (Lipinski definition) is 1. The van der Waals surface area contributed by atoms with Crippen molar-refractivity contribution in [1.82, 2.24) is 5.32 Å². The van der Waals surface area contributed by atoms with Crippen LogP contribution in [0.25, 0.3) is 0 Å². The van der Waals surface area contributed by atoms with Crippen LogP contribution in [0, 0.1) is 5.92 Å². The number of nitrogens with one attached hydrogen (secondary N) is 1. The Morgan fingerprint density at radius 1 is 1.62 bits per heavy atom. The van der Waals surface area contributed by atoms with Gasteiger partial charge in [0.05, 0.1) is 7.11 Å². The number of carbonyl (C=O) groups excluding carboxylic acids is 2. The Balaban J connectivity index is 2.16. The molecule has 0 aromatic heterocycles. The van der Waals surface area contributed by atoms with E-state index in [4.69, 9.17) is 0 Å². The standard InChI is InChI=1S/C8H12INO3/c1-13-8(12)6(9)4-10-7(11)5-2-3-5/h5-6H,2-4H2,1H3,(H,10,11). The van der Waals surface area contributed by atoms with Crippen molar-refractivity contribution in [3.8, 4) is 0 Å². The van der Waals surface area contributed by atoms with Gasteiger partial charge in [-0.2, -0.15) is 0 Å². The van der Waals surface area contributed by atoms with E-state index in [9.17, 15) is 9.59 Å². The van der Waals surface area contributed by atoms with Crippen molar-refractivity contribution in [3.63, 3.8) is 0 Å². The second kappa shape index (κ2) is 4.78. The highest BCUT2D eigenvalue weighted by Crippen LogP contribution is 2.28. The van der Waals surface area contributed by atoms with Crippen molar-refractivity contribution in [3.05, 3.63) is 0 Å². The van der Waals surface area contributed by atoms with Gasteiger partial charge < -0.3 is 10.1 Å². The summed E-state index contributed by atoms with van der Waals surface area (Å²) in [6.45, 7) is 0.364. The molecule has 0 aromatic carbocycles. The number of carbonyl (C=O) groups is 2. The maximum absolute atomic E-state index is 11.2. The number of halogens is 1. The Bertz CT molecular complexity index is 215. The lowest BCUT2D eigenvalue weighted by Gasteiger charge is -2.08. The van der Waals surface area contributed by atoms with Crippen LogP contribution in [0.5, 0.6) is 0 Å². The number of hydrogen-bond acceptors (Lipinski definition) is 3. The lowest BCUT2D eigenvalue weighted by Crippen LogP contribution is -2.34. The molecule has 1 atom stereocenters. The van der Waals surface area contributed by atoms with Crippen molar-refractivity contribution in [2.75, 3.05) is 13.7 Å². The summed E-state index contributed by atoms with van der Waals surface area (Å²) in [5.74, 6) is -0.0384. The number of methoxy groups -OCH3 is 1. The third-order valence-electron chi connectivity index (χ3n) is 1.86. The molecular weight excluding hydrogens is 285 g/mol. The first-order valence-electron chi connectivity index (χ1n) is 4.14. The Labute approximate surface area is 90.5 Å². The van der Waals surface area contributed by atoms with Gasteiger partial charge in [-0.05, 0) is 12.8 Å². The van der Waals surface area contributed by atoms with Gasteiger partial charge in [-0.15, -0.1) is 0 Å². The maximum atomic E-state index is 11.2. The van der Waals surface area contributed by atoms with Crippen molar-refractivity contribution >= 4 is 34.5 Å². The molecular formula is C8H12INO3. The van der Waals surface area contributed by atoms with Crippen LogP contribution in [0.1, 0.15) is 12.8 Å². The monoisotopic (exact) mass is 297 g/mol. The lowest BCUT2D eigenvalue weighted by atomic mass is 10.3. The van der Waals surface area contributed by atoms with Gasteiger partial charge in [-0.25, -0.2) is 0 Å². The third-order valence-corrected chi connectivity index (χ3v) is 2.81. The van der Waals surface area contributed by atoms with Gasteiger partial charge in [0, 0.05) is 12.5 Å². The molecule has 0 spiro atoms. The van der Waals surface area contributed by atoms with Crippen LogP contribution < -0.4 is 5.32 Å². The average Bonchev–Trinajstić information content (AvgIpc) is 2.95. The summed E-state index contributed by atoms with van der Waals surface area (Å²) in [4.78, 5) is 22.1. The second-order valence-corrected chi connectivity index (χ2v) is 4.51. The highest BCUT2D eigenvalue weighted by molar-refractivity contribution is 14.1. The zero-order valence-corrected chi connectivity index (χ0v) is 9.54. The molecule has 1 aliphatic rings. The van der Waals surface area contributed by atoms with Gasteiger partial charge in [0.15, 0.2) is 0 Å². The summed E-state index contributed by atoms with van der Waals surface area (Å²) in [7, 11) is 1.34. The lowest BCUT2D eigenvalue weighted by molar-refractivity contribution is -0.139. The van der Waals surface area contributed by atoms with Crippen LogP contribution >= 0.6 is 22.6 Å². The smallest absolute Gasteiger partial charge is 0.320 e. The Morgan fingerprint density at radius 3 is 2.69 bits per heavy atom. The normalized spacial score (nSPS) is 17.7. The minimum Gasteiger partial charge on any atom is -0.468 e. The van der Waals surface area contributed by atoms with Crippen molar-refractivity contribution in [1.29, 1.82) is 0 Å². The highest BCUT2D eigenvalue weighted by atomic mass is 127. The van der Waals surface area contributed by atoms with E-state index in [-0.39, 0.29) is 21.7 Å². The summed E-state index contributed by atoms with van der Waals surface area (Å²) < 4.78 is 4.24. The van der Waals surface area contributed by atoms with Gasteiger partial charge in [0.1, 0.15) is 3.92 Å².